The van der Waals surface area contributed by atoms with Crippen LogP contribution in [0, 0.1) is 5.92 Å². The molecule has 8 heteroatoms. The molecule has 160 valence electrons. The highest BCUT2D eigenvalue weighted by Crippen LogP contribution is 2.25. The Bertz CT molecular complexity index is 881. The number of aromatic nitrogens is 2. The Kier molecular flexibility index (Phi) is 6.32. The summed E-state index contributed by atoms with van der Waals surface area (Å²) in [7, 11) is 1.73. The molecular weight excluding hydrogens is 382 g/mol. The minimum absolute atomic E-state index is 0.0170. The monoisotopic (exact) mass is 411 g/mol. The molecule has 1 aromatic carbocycles. The van der Waals surface area contributed by atoms with Crippen LogP contribution in [0.5, 0.6) is 0 Å². The fourth-order valence-corrected chi connectivity index (χ4v) is 4.06. The van der Waals surface area contributed by atoms with Crippen LogP contribution in [0.2, 0.25) is 0 Å². The normalized spacial score (nSPS) is 17.6. The number of nitrogens with one attached hydrogen (secondary N) is 2. The fraction of sp³-hybridized carbons (Fsp3) is 0.500. The number of aryl methyl sites for hydroxylation is 1. The van der Waals surface area contributed by atoms with Gasteiger partial charge in [-0.3, -0.25) is 14.3 Å². The molecule has 30 heavy (non-hydrogen) atoms. The lowest BCUT2D eigenvalue weighted by atomic mass is 9.89. The van der Waals surface area contributed by atoms with Gasteiger partial charge in [0, 0.05) is 43.5 Å². The molecule has 0 bridgehead atoms. The van der Waals surface area contributed by atoms with Crippen LogP contribution >= 0.6 is 0 Å². The van der Waals surface area contributed by atoms with E-state index in [9.17, 15) is 9.59 Å². The largest absolute Gasteiger partial charge is 0.378 e. The summed E-state index contributed by atoms with van der Waals surface area (Å²) in [5, 5.41) is 10.1. The van der Waals surface area contributed by atoms with Gasteiger partial charge < -0.3 is 20.3 Å². The number of amides is 2. The van der Waals surface area contributed by atoms with E-state index in [0.29, 0.717) is 11.5 Å². The van der Waals surface area contributed by atoms with E-state index >= 15 is 0 Å². The number of carbonyl (C=O) groups is 2. The highest BCUT2D eigenvalue weighted by Gasteiger charge is 2.23. The van der Waals surface area contributed by atoms with Crippen molar-refractivity contribution in [3.05, 3.63) is 36.0 Å². The quantitative estimate of drug-likeness (QED) is 0.790. The van der Waals surface area contributed by atoms with Crippen molar-refractivity contribution in [3.63, 3.8) is 0 Å². The van der Waals surface area contributed by atoms with Crippen LogP contribution in [0.3, 0.4) is 0 Å². The van der Waals surface area contributed by atoms with Gasteiger partial charge in [-0.25, -0.2) is 0 Å². The van der Waals surface area contributed by atoms with Gasteiger partial charge in [-0.2, -0.15) is 5.10 Å². The summed E-state index contributed by atoms with van der Waals surface area (Å²) in [6.07, 6.45) is 5.26. The number of rotatable bonds is 5. The number of ether oxygens (including phenoxy) is 1. The van der Waals surface area contributed by atoms with Crippen LogP contribution in [-0.4, -0.2) is 47.9 Å². The second-order valence-electron chi connectivity index (χ2n) is 7.96. The first-order valence-corrected chi connectivity index (χ1v) is 10.7. The van der Waals surface area contributed by atoms with Crippen molar-refractivity contribution in [1.82, 2.24) is 9.78 Å². The van der Waals surface area contributed by atoms with E-state index in [4.69, 9.17) is 4.74 Å². The molecular formula is C22H29N5O3. The summed E-state index contributed by atoms with van der Waals surface area (Å²) in [5.74, 6) is 0.306. The lowest BCUT2D eigenvalue weighted by Crippen LogP contribution is -2.36. The predicted molar refractivity (Wildman–Crippen MR) is 116 cm³/mol. The van der Waals surface area contributed by atoms with Crippen LogP contribution in [0.4, 0.5) is 17.2 Å². The molecule has 2 aliphatic rings. The molecule has 2 aromatic rings. The fourth-order valence-electron chi connectivity index (χ4n) is 4.06. The van der Waals surface area contributed by atoms with Crippen molar-refractivity contribution in [2.75, 3.05) is 41.8 Å². The van der Waals surface area contributed by atoms with Crippen molar-refractivity contribution in [1.29, 1.82) is 0 Å². The molecule has 2 N–H and O–H groups in total. The van der Waals surface area contributed by atoms with Gasteiger partial charge in [-0.1, -0.05) is 19.3 Å². The maximum absolute atomic E-state index is 12.6. The Labute approximate surface area is 176 Å². The third kappa shape index (κ3) is 4.81. The number of hydrogen-bond acceptors (Lipinski definition) is 5. The summed E-state index contributed by atoms with van der Waals surface area (Å²) in [6, 6.07) is 9.39. The maximum Gasteiger partial charge on any atom is 0.276 e. The molecule has 1 aliphatic carbocycles. The van der Waals surface area contributed by atoms with E-state index in [0.717, 1.165) is 57.7 Å². The Hall–Kier alpha value is -2.87. The van der Waals surface area contributed by atoms with Gasteiger partial charge in [0.2, 0.25) is 5.91 Å². The predicted octanol–water partition coefficient (Wildman–Crippen LogP) is 3.03. The molecule has 2 amide bonds. The second kappa shape index (κ2) is 9.30. The maximum atomic E-state index is 12.6. The smallest absolute Gasteiger partial charge is 0.276 e. The first-order chi connectivity index (χ1) is 14.6. The van der Waals surface area contributed by atoms with Crippen molar-refractivity contribution < 1.29 is 14.3 Å². The molecule has 2 fully saturated rings. The third-order valence-electron chi connectivity index (χ3n) is 5.84. The zero-order chi connectivity index (χ0) is 20.9. The van der Waals surface area contributed by atoms with E-state index < -0.39 is 0 Å². The number of nitrogens with zero attached hydrogens (tertiary/aromatic N) is 3. The van der Waals surface area contributed by atoms with E-state index in [1.54, 1.807) is 13.1 Å². The van der Waals surface area contributed by atoms with Crippen LogP contribution in [0.25, 0.3) is 0 Å². The average Bonchev–Trinajstić information content (AvgIpc) is 3.16. The second-order valence-corrected chi connectivity index (χ2v) is 7.96. The molecule has 0 atom stereocenters. The summed E-state index contributed by atoms with van der Waals surface area (Å²) in [5.41, 5.74) is 2.09. The minimum atomic E-state index is -0.303. The van der Waals surface area contributed by atoms with Crippen LogP contribution in [0.1, 0.15) is 42.6 Å². The van der Waals surface area contributed by atoms with Crippen LogP contribution in [0.15, 0.2) is 30.3 Å². The van der Waals surface area contributed by atoms with Crippen molar-refractivity contribution in [2.45, 2.75) is 32.1 Å². The van der Waals surface area contributed by atoms with Crippen LogP contribution in [-0.2, 0) is 16.6 Å². The topological polar surface area (TPSA) is 88.5 Å². The first-order valence-electron chi connectivity index (χ1n) is 10.7. The zero-order valence-corrected chi connectivity index (χ0v) is 17.4. The SMILES string of the molecule is Cn1nc(C(=O)Nc2ccc(N3CCOCC3)cc2)cc1NC(=O)C1CCCCC1. The Balaban J connectivity index is 1.36. The van der Waals surface area contributed by atoms with Gasteiger partial charge in [0.25, 0.3) is 5.91 Å². The van der Waals surface area contributed by atoms with Crippen LogP contribution < -0.4 is 15.5 Å². The van der Waals surface area contributed by atoms with E-state index in [2.05, 4.69) is 20.6 Å². The Morgan fingerprint density at radius 2 is 1.73 bits per heavy atom. The number of anilines is 3. The summed E-state index contributed by atoms with van der Waals surface area (Å²) >= 11 is 0. The molecule has 8 nitrogen and oxygen atoms in total. The number of carbonyl (C=O) groups excluding carboxylic acids is 2. The average molecular weight is 412 g/mol. The number of morpholine rings is 1. The lowest BCUT2D eigenvalue weighted by molar-refractivity contribution is -0.120. The van der Waals surface area contributed by atoms with Crippen molar-refractivity contribution in [3.8, 4) is 0 Å². The molecule has 1 aromatic heterocycles. The van der Waals surface area contributed by atoms with E-state index in [1.807, 2.05) is 24.3 Å². The lowest BCUT2D eigenvalue weighted by Gasteiger charge is -2.28. The zero-order valence-electron chi connectivity index (χ0n) is 17.4. The van der Waals surface area contributed by atoms with Gasteiger partial charge in [-0.15, -0.1) is 0 Å². The summed E-state index contributed by atoms with van der Waals surface area (Å²) < 4.78 is 6.92. The van der Waals surface area contributed by atoms with E-state index in [1.165, 1.54) is 11.1 Å². The molecule has 4 rings (SSSR count). The number of benzene rings is 1. The van der Waals surface area contributed by atoms with Gasteiger partial charge in [-0.05, 0) is 37.1 Å². The van der Waals surface area contributed by atoms with E-state index in [-0.39, 0.29) is 23.4 Å². The molecule has 1 saturated carbocycles. The van der Waals surface area contributed by atoms with Gasteiger partial charge >= 0.3 is 0 Å². The highest BCUT2D eigenvalue weighted by molar-refractivity contribution is 6.04. The number of hydrogen-bond donors (Lipinski definition) is 2. The van der Waals surface area contributed by atoms with Gasteiger partial charge in [0.05, 0.1) is 13.2 Å². The third-order valence-corrected chi connectivity index (χ3v) is 5.84. The molecule has 2 heterocycles. The summed E-state index contributed by atoms with van der Waals surface area (Å²) in [6.45, 7) is 3.21. The van der Waals surface area contributed by atoms with Gasteiger partial charge in [0.1, 0.15) is 5.82 Å². The molecule has 0 radical (unpaired) electrons. The first kappa shape index (κ1) is 20.4. The Morgan fingerprint density at radius 1 is 1.03 bits per heavy atom. The standard InChI is InChI=1S/C22H29N5O3/c1-26-20(24-21(28)16-5-3-2-4-6-16)15-19(25-26)22(29)23-17-7-9-18(10-8-17)27-11-13-30-14-12-27/h7-10,15-16H,2-6,11-14H2,1H3,(H,23,29)(H,24,28). The van der Waals surface area contributed by atoms with Crippen molar-refractivity contribution in [2.24, 2.45) is 13.0 Å². The molecule has 1 aliphatic heterocycles. The molecule has 0 unspecified atom stereocenters. The van der Waals surface area contributed by atoms with Gasteiger partial charge in [0.15, 0.2) is 5.69 Å². The Morgan fingerprint density at radius 3 is 2.43 bits per heavy atom. The molecule has 0 spiro atoms. The minimum Gasteiger partial charge on any atom is -0.378 e. The molecule has 1 saturated heterocycles. The van der Waals surface area contributed by atoms with Crippen molar-refractivity contribution >= 4 is 29.0 Å². The summed E-state index contributed by atoms with van der Waals surface area (Å²) in [4.78, 5) is 27.4. The highest BCUT2D eigenvalue weighted by atomic mass is 16.5.